The zero-order valence-electron chi connectivity index (χ0n) is 19.0. The molecule has 1 nitrogen and oxygen atoms in total. The summed E-state index contributed by atoms with van der Waals surface area (Å²) >= 11 is 1.76. The van der Waals surface area contributed by atoms with E-state index >= 15 is 0 Å². The summed E-state index contributed by atoms with van der Waals surface area (Å²) in [6.45, 7) is 14.4. The van der Waals surface area contributed by atoms with Crippen molar-refractivity contribution >= 4 is 38.1 Å². The Hall–Kier alpha value is -1.91. The van der Waals surface area contributed by atoms with E-state index in [1.807, 2.05) is 0 Å². The van der Waals surface area contributed by atoms with Crippen LogP contribution in [-0.2, 0) is 11.0 Å². The molecule has 0 aliphatic heterocycles. The first-order valence-corrected chi connectivity index (χ1v) is 16.7. The molecule has 0 aliphatic carbocycles. The van der Waals surface area contributed by atoms with Gasteiger partial charge in [0.1, 0.15) is 8.07 Å². The van der Waals surface area contributed by atoms with E-state index in [0.717, 1.165) is 4.88 Å². The molecule has 0 bridgehead atoms. The Kier molecular flexibility index (Phi) is 6.89. The van der Waals surface area contributed by atoms with Crippen LogP contribution in [-0.4, -0.2) is 16.4 Å². The molecule has 0 radical (unpaired) electrons. The van der Waals surface area contributed by atoms with Crippen molar-refractivity contribution in [2.45, 2.75) is 52.1 Å². The lowest BCUT2D eigenvalue weighted by atomic mass is 10.2. The van der Waals surface area contributed by atoms with E-state index in [-0.39, 0.29) is 5.04 Å². The van der Waals surface area contributed by atoms with E-state index in [1.165, 1.54) is 15.3 Å². The van der Waals surface area contributed by atoms with Crippen molar-refractivity contribution in [2.24, 2.45) is 0 Å². The molecule has 3 aromatic rings. The molecule has 156 valence electrons. The van der Waals surface area contributed by atoms with Gasteiger partial charge >= 0.3 is 0 Å². The molecule has 0 saturated heterocycles. The Morgan fingerprint density at radius 1 is 0.800 bits per heavy atom. The molecule has 4 heteroatoms. The Bertz CT molecular complexity index is 976. The smallest absolute Gasteiger partial charge is 0.261 e. The second kappa shape index (κ2) is 9.07. The van der Waals surface area contributed by atoms with Gasteiger partial charge in [-0.15, -0.1) is 16.9 Å². The van der Waals surface area contributed by atoms with Gasteiger partial charge in [0.15, 0.2) is 0 Å². The molecule has 0 amide bonds. The van der Waals surface area contributed by atoms with Crippen LogP contribution in [0.3, 0.4) is 0 Å². The number of benzene rings is 2. The van der Waals surface area contributed by atoms with Crippen molar-refractivity contribution in [1.29, 1.82) is 0 Å². The summed E-state index contributed by atoms with van der Waals surface area (Å²) in [5, 5.41) is 2.63. The molecule has 3 rings (SSSR count). The molecule has 2 aromatic carbocycles. The summed E-state index contributed by atoms with van der Waals surface area (Å²) in [6.07, 6.45) is 0. The van der Waals surface area contributed by atoms with Gasteiger partial charge in [-0.25, -0.2) is 0 Å². The highest BCUT2D eigenvalue weighted by molar-refractivity contribution is 7.12. The maximum Gasteiger partial charge on any atom is 0.261 e. The fourth-order valence-corrected chi connectivity index (χ4v) is 9.72. The molecule has 30 heavy (non-hydrogen) atoms. The first-order valence-electron chi connectivity index (χ1n) is 10.5. The number of thiophene rings is 1. The zero-order valence-corrected chi connectivity index (χ0v) is 21.8. The van der Waals surface area contributed by atoms with Gasteiger partial charge in [-0.05, 0) is 27.5 Å². The van der Waals surface area contributed by atoms with Crippen LogP contribution in [0.1, 0.15) is 30.5 Å². The summed E-state index contributed by atoms with van der Waals surface area (Å²) in [5.41, 5.74) is 3.47. The van der Waals surface area contributed by atoms with Crippen LogP contribution in [0.15, 0.2) is 72.8 Å². The predicted molar refractivity (Wildman–Crippen MR) is 137 cm³/mol. The first kappa shape index (κ1) is 22.8. The van der Waals surface area contributed by atoms with Gasteiger partial charge in [-0.1, -0.05) is 107 Å². The Morgan fingerprint density at radius 2 is 1.33 bits per heavy atom. The molecule has 0 aliphatic rings. The number of hydrogen-bond acceptors (Lipinski definition) is 2. The summed E-state index contributed by atoms with van der Waals surface area (Å²) in [7, 11) is -3.86. The summed E-state index contributed by atoms with van der Waals surface area (Å²) in [6, 6.07) is 26.0. The molecular weight excluding hydrogens is 417 g/mol. The second-order valence-electron chi connectivity index (χ2n) is 9.72. The highest BCUT2D eigenvalue weighted by atomic mass is 32.1. The van der Waals surface area contributed by atoms with Crippen LogP contribution in [0.2, 0.25) is 24.7 Å². The Labute approximate surface area is 188 Å². The van der Waals surface area contributed by atoms with Gasteiger partial charge in [0.25, 0.3) is 8.32 Å². The molecule has 1 heterocycles. The normalized spacial score (nSPS) is 12.3. The lowest BCUT2D eigenvalue weighted by Gasteiger charge is -2.43. The highest BCUT2D eigenvalue weighted by Gasteiger charge is 2.50. The average molecular weight is 449 g/mol. The lowest BCUT2D eigenvalue weighted by molar-refractivity contribution is 0.289. The maximum absolute atomic E-state index is 7.02. The van der Waals surface area contributed by atoms with E-state index < -0.39 is 16.4 Å². The van der Waals surface area contributed by atoms with Crippen molar-refractivity contribution in [2.75, 3.05) is 0 Å². The molecule has 0 fully saturated rings. The van der Waals surface area contributed by atoms with Gasteiger partial charge in [0, 0.05) is 4.88 Å². The van der Waals surface area contributed by atoms with Gasteiger partial charge in [0.2, 0.25) is 0 Å². The Morgan fingerprint density at radius 3 is 1.80 bits per heavy atom. The molecule has 0 saturated carbocycles. The van der Waals surface area contributed by atoms with Gasteiger partial charge in [-0.3, -0.25) is 0 Å². The highest BCUT2D eigenvalue weighted by Crippen LogP contribution is 2.37. The standard InChI is InChI=1S/C26H32OSSi2/c1-26(2,3)30(24-13-9-7-10-14-24,25-15-11-8-12-16-25)27-21-23-18-17-22(28-23)19-20-29(4,5)6/h7-18H,21H2,1-6H3. The van der Waals surface area contributed by atoms with Gasteiger partial charge in [0.05, 0.1) is 11.5 Å². The van der Waals surface area contributed by atoms with E-state index in [1.54, 1.807) is 11.3 Å². The summed E-state index contributed by atoms with van der Waals surface area (Å²) in [4.78, 5) is 2.38. The molecule has 0 atom stereocenters. The minimum absolute atomic E-state index is 0.00651. The number of hydrogen-bond donors (Lipinski definition) is 0. The van der Waals surface area contributed by atoms with E-state index in [2.05, 4.69) is 125 Å². The Balaban J connectivity index is 1.98. The average Bonchev–Trinajstić information content (AvgIpc) is 3.15. The van der Waals surface area contributed by atoms with Crippen molar-refractivity contribution in [3.63, 3.8) is 0 Å². The van der Waals surface area contributed by atoms with Crippen LogP contribution >= 0.6 is 11.3 Å². The summed E-state index contributed by atoms with van der Waals surface area (Å²) in [5.74, 6) is 3.38. The van der Waals surface area contributed by atoms with Crippen LogP contribution < -0.4 is 10.4 Å². The predicted octanol–water partition coefficient (Wildman–Crippen LogP) is 6.05. The largest absolute Gasteiger partial charge is 0.402 e. The van der Waals surface area contributed by atoms with Crippen LogP contribution in [0.5, 0.6) is 0 Å². The van der Waals surface area contributed by atoms with Crippen molar-refractivity contribution in [3.8, 4) is 11.5 Å². The van der Waals surface area contributed by atoms with Crippen molar-refractivity contribution in [1.82, 2.24) is 0 Å². The third-order valence-electron chi connectivity index (χ3n) is 5.07. The second-order valence-corrected chi connectivity index (χ2v) is 19.9. The SMILES string of the molecule is CC(C)(C)[Si](OCc1ccc(C#C[Si](C)(C)C)s1)(c1ccccc1)c1ccccc1. The molecule has 0 spiro atoms. The zero-order chi connectivity index (χ0) is 21.8. The van der Waals surface area contributed by atoms with Crippen molar-refractivity contribution < 1.29 is 4.43 Å². The maximum atomic E-state index is 7.02. The van der Waals surface area contributed by atoms with Crippen LogP contribution in [0.4, 0.5) is 0 Å². The lowest BCUT2D eigenvalue weighted by Crippen LogP contribution is -2.66. The molecule has 0 unspecified atom stereocenters. The number of rotatable bonds is 5. The van der Waals surface area contributed by atoms with Crippen LogP contribution in [0.25, 0.3) is 0 Å². The molecular formula is C26H32OSSi2. The fourth-order valence-electron chi connectivity index (χ4n) is 3.71. The van der Waals surface area contributed by atoms with Crippen molar-refractivity contribution in [3.05, 3.63) is 82.6 Å². The fraction of sp³-hybridized carbons (Fsp3) is 0.308. The van der Waals surface area contributed by atoms with Gasteiger partial charge in [-0.2, -0.15) is 0 Å². The van der Waals surface area contributed by atoms with E-state index in [0.29, 0.717) is 6.61 Å². The quantitative estimate of drug-likeness (QED) is 0.341. The van der Waals surface area contributed by atoms with E-state index in [9.17, 15) is 0 Å². The molecule has 1 aromatic heterocycles. The van der Waals surface area contributed by atoms with E-state index in [4.69, 9.17) is 4.43 Å². The van der Waals surface area contributed by atoms with Crippen LogP contribution in [0, 0.1) is 11.5 Å². The third-order valence-corrected chi connectivity index (χ3v) is 11.9. The third kappa shape index (κ3) is 5.22. The minimum atomic E-state index is -2.49. The first-order chi connectivity index (χ1) is 14.1. The summed E-state index contributed by atoms with van der Waals surface area (Å²) < 4.78 is 7.02. The minimum Gasteiger partial charge on any atom is -0.402 e. The topological polar surface area (TPSA) is 9.23 Å². The molecule has 0 N–H and O–H groups in total. The van der Waals surface area contributed by atoms with Gasteiger partial charge < -0.3 is 4.43 Å². The monoisotopic (exact) mass is 448 g/mol.